The van der Waals surface area contributed by atoms with Crippen molar-refractivity contribution in [2.45, 2.75) is 18.9 Å². The van der Waals surface area contributed by atoms with Gasteiger partial charge in [-0.05, 0) is 38.6 Å². The summed E-state index contributed by atoms with van der Waals surface area (Å²) in [5.41, 5.74) is 5.73. The number of benzene rings is 1. The van der Waals surface area contributed by atoms with E-state index in [4.69, 9.17) is 10.5 Å². The second-order valence-corrected chi connectivity index (χ2v) is 4.42. The van der Waals surface area contributed by atoms with E-state index in [9.17, 15) is 8.78 Å². The third-order valence-corrected chi connectivity index (χ3v) is 2.95. The molecule has 1 aliphatic heterocycles. The second kappa shape index (κ2) is 4.87. The lowest BCUT2D eigenvalue weighted by Gasteiger charge is -2.30. The Kier molecular flexibility index (Phi) is 3.47. The summed E-state index contributed by atoms with van der Waals surface area (Å²) in [4.78, 5) is 2.10. The number of nitrogens with zero attached hydrogens (tertiary/aromatic N) is 1. The number of nitrogens with two attached hydrogens (primary N) is 1. The van der Waals surface area contributed by atoms with Crippen molar-refractivity contribution in [3.63, 3.8) is 0 Å². The van der Waals surface area contributed by atoms with Crippen LogP contribution in [0.5, 0.6) is 5.75 Å². The van der Waals surface area contributed by atoms with Crippen LogP contribution in [0.15, 0.2) is 12.1 Å². The van der Waals surface area contributed by atoms with Crippen molar-refractivity contribution in [3.8, 4) is 5.75 Å². The van der Waals surface area contributed by atoms with E-state index >= 15 is 0 Å². The van der Waals surface area contributed by atoms with Crippen LogP contribution in [-0.4, -0.2) is 31.1 Å². The fourth-order valence-electron chi connectivity index (χ4n) is 2.05. The standard InChI is InChI=1S/C12H16F2N2O/c1-16-6-2-3-8(7-16)17-12-10(15)5-4-9(13)11(12)14/h4-5,8H,2-3,6-7,15H2,1H3. The predicted octanol–water partition coefficient (Wildman–Crippen LogP) is 2.02. The van der Waals surface area contributed by atoms with E-state index in [1.54, 1.807) is 0 Å². The topological polar surface area (TPSA) is 38.5 Å². The van der Waals surface area contributed by atoms with Crippen molar-refractivity contribution in [1.82, 2.24) is 4.90 Å². The maximum Gasteiger partial charge on any atom is 0.202 e. The molecule has 0 aliphatic carbocycles. The van der Waals surface area contributed by atoms with Gasteiger partial charge in [0.05, 0.1) is 5.69 Å². The largest absolute Gasteiger partial charge is 0.484 e. The third kappa shape index (κ3) is 2.66. The molecular formula is C12H16F2N2O. The minimum absolute atomic E-state index is 0.132. The van der Waals surface area contributed by atoms with Crippen LogP contribution in [0, 0.1) is 11.6 Å². The molecule has 17 heavy (non-hydrogen) atoms. The van der Waals surface area contributed by atoms with Gasteiger partial charge in [0.1, 0.15) is 6.10 Å². The summed E-state index contributed by atoms with van der Waals surface area (Å²) in [7, 11) is 1.97. The van der Waals surface area contributed by atoms with Gasteiger partial charge in [0.25, 0.3) is 0 Å². The van der Waals surface area contributed by atoms with E-state index in [1.165, 1.54) is 6.07 Å². The van der Waals surface area contributed by atoms with Crippen LogP contribution in [0.2, 0.25) is 0 Å². The lowest BCUT2D eigenvalue weighted by atomic mass is 10.1. The molecular weight excluding hydrogens is 226 g/mol. The number of likely N-dealkylation sites (N-methyl/N-ethyl adjacent to an activating group) is 1. The van der Waals surface area contributed by atoms with Crippen molar-refractivity contribution in [3.05, 3.63) is 23.8 Å². The smallest absolute Gasteiger partial charge is 0.202 e. The number of piperidine rings is 1. The number of likely N-dealkylation sites (tertiary alicyclic amines) is 1. The minimum Gasteiger partial charge on any atom is -0.484 e. The Morgan fingerprint density at radius 3 is 2.88 bits per heavy atom. The van der Waals surface area contributed by atoms with Crippen LogP contribution in [-0.2, 0) is 0 Å². The van der Waals surface area contributed by atoms with E-state index in [0.717, 1.165) is 25.5 Å². The van der Waals surface area contributed by atoms with Crippen LogP contribution < -0.4 is 10.5 Å². The van der Waals surface area contributed by atoms with Gasteiger partial charge in [-0.15, -0.1) is 0 Å². The molecule has 2 N–H and O–H groups in total. The highest BCUT2D eigenvalue weighted by Gasteiger charge is 2.22. The number of hydrogen-bond acceptors (Lipinski definition) is 3. The van der Waals surface area contributed by atoms with Gasteiger partial charge in [0.15, 0.2) is 11.6 Å². The Morgan fingerprint density at radius 2 is 2.18 bits per heavy atom. The number of rotatable bonds is 2. The van der Waals surface area contributed by atoms with Gasteiger partial charge in [0.2, 0.25) is 5.82 Å². The molecule has 1 heterocycles. The van der Waals surface area contributed by atoms with Crippen molar-refractivity contribution in [2.24, 2.45) is 0 Å². The number of anilines is 1. The molecule has 2 rings (SSSR count). The van der Waals surface area contributed by atoms with Crippen LogP contribution in [0.25, 0.3) is 0 Å². The van der Waals surface area contributed by atoms with E-state index in [1.807, 2.05) is 7.05 Å². The van der Waals surface area contributed by atoms with Crippen LogP contribution in [0.3, 0.4) is 0 Å². The van der Waals surface area contributed by atoms with E-state index < -0.39 is 11.6 Å². The molecule has 3 nitrogen and oxygen atoms in total. The highest BCUT2D eigenvalue weighted by molar-refractivity contribution is 5.53. The summed E-state index contributed by atoms with van der Waals surface area (Å²) in [5, 5.41) is 0. The Balaban J connectivity index is 2.15. The molecule has 0 spiro atoms. The predicted molar refractivity (Wildman–Crippen MR) is 61.9 cm³/mol. The summed E-state index contributed by atoms with van der Waals surface area (Å²) in [6.45, 7) is 1.70. The normalized spacial score (nSPS) is 21.5. The Morgan fingerprint density at radius 1 is 1.41 bits per heavy atom. The molecule has 0 saturated carbocycles. The second-order valence-electron chi connectivity index (χ2n) is 4.42. The van der Waals surface area contributed by atoms with E-state index in [2.05, 4.69) is 4.90 Å². The van der Waals surface area contributed by atoms with Crippen LogP contribution in [0.1, 0.15) is 12.8 Å². The molecule has 0 radical (unpaired) electrons. The monoisotopic (exact) mass is 242 g/mol. The summed E-state index contributed by atoms with van der Waals surface area (Å²) in [6, 6.07) is 2.32. The molecule has 1 fully saturated rings. The molecule has 1 saturated heterocycles. The number of ether oxygens (including phenoxy) is 1. The highest BCUT2D eigenvalue weighted by atomic mass is 19.2. The average Bonchev–Trinajstić information content (AvgIpc) is 2.30. The summed E-state index contributed by atoms with van der Waals surface area (Å²) in [6.07, 6.45) is 1.69. The third-order valence-electron chi connectivity index (χ3n) is 2.95. The molecule has 1 aromatic carbocycles. The molecule has 94 valence electrons. The quantitative estimate of drug-likeness (QED) is 0.806. The first-order valence-corrected chi connectivity index (χ1v) is 5.66. The zero-order valence-electron chi connectivity index (χ0n) is 9.75. The molecule has 0 amide bonds. The van der Waals surface area contributed by atoms with Crippen LogP contribution >= 0.6 is 0 Å². The Labute approximate surface area is 99.2 Å². The van der Waals surface area contributed by atoms with Gasteiger partial charge in [-0.2, -0.15) is 4.39 Å². The van der Waals surface area contributed by atoms with Crippen molar-refractivity contribution >= 4 is 5.69 Å². The molecule has 1 aliphatic rings. The van der Waals surface area contributed by atoms with Gasteiger partial charge in [-0.1, -0.05) is 0 Å². The first-order valence-electron chi connectivity index (χ1n) is 5.66. The minimum atomic E-state index is -1.00. The molecule has 1 unspecified atom stereocenters. The molecule has 0 bridgehead atoms. The van der Waals surface area contributed by atoms with Crippen molar-refractivity contribution in [1.29, 1.82) is 0 Å². The molecule has 0 aromatic heterocycles. The number of hydrogen-bond donors (Lipinski definition) is 1. The van der Waals surface area contributed by atoms with Crippen molar-refractivity contribution < 1.29 is 13.5 Å². The highest BCUT2D eigenvalue weighted by Crippen LogP contribution is 2.29. The van der Waals surface area contributed by atoms with Gasteiger partial charge in [-0.3, -0.25) is 0 Å². The van der Waals surface area contributed by atoms with Crippen LogP contribution in [0.4, 0.5) is 14.5 Å². The lowest BCUT2D eigenvalue weighted by molar-refractivity contribution is 0.100. The summed E-state index contributed by atoms with van der Waals surface area (Å²) in [5.74, 6) is -2.10. The summed E-state index contributed by atoms with van der Waals surface area (Å²) < 4.78 is 32.1. The van der Waals surface area contributed by atoms with Gasteiger partial charge in [-0.25, -0.2) is 4.39 Å². The van der Waals surface area contributed by atoms with Gasteiger partial charge < -0.3 is 15.4 Å². The average molecular weight is 242 g/mol. The first kappa shape index (κ1) is 12.1. The fourth-order valence-corrected chi connectivity index (χ4v) is 2.05. The molecule has 1 atom stereocenters. The number of halogens is 2. The van der Waals surface area contributed by atoms with Gasteiger partial charge >= 0.3 is 0 Å². The zero-order valence-corrected chi connectivity index (χ0v) is 9.75. The maximum absolute atomic E-state index is 13.5. The zero-order chi connectivity index (χ0) is 12.4. The lowest BCUT2D eigenvalue weighted by Crippen LogP contribution is -2.38. The fraction of sp³-hybridized carbons (Fsp3) is 0.500. The number of nitrogen functional groups attached to an aromatic ring is 1. The molecule has 1 aromatic rings. The Bertz CT molecular complexity index is 412. The maximum atomic E-state index is 13.5. The SMILES string of the molecule is CN1CCCC(Oc2c(N)ccc(F)c2F)C1. The molecule has 5 heteroatoms. The first-order chi connectivity index (χ1) is 8.08. The summed E-state index contributed by atoms with van der Waals surface area (Å²) >= 11 is 0. The van der Waals surface area contributed by atoms with E-state index in [0.29, 0.717) is 6.54 Å². The van der Waals surface area contributed by atoms with E-state index in [-0.39, 0.29) is 17.5 Å². The van der Waals surface area contributed by atoms with Gasteiger partial charge in [0, 0.05) is 6.54 Å². The Hall–Kier alpha value is -1.36. The van der Waals surface area contributed by atoms with Crippen molar-refractivity contribution in [2.75, 3.05) is 25.9 Å².